The van der Waals surface area contributed by atoms with Gasteiger partial charge < -0.3 is 39.3 Å². The summed E-state index contributed by atoms with van der Waals surface area (Å²) in [5, 5.41) is 14.7. The number of aliphatic hydroxyl groups excluding tert-OH is 1. The number of hydrogen-bond acceptors (Lipinski definition) is 16. The predicted molar refractivity (Wildman–Crippen MR) is 283 cm³/mol. The summed E-state index contributed by atoms with van der Waals surface area (Å²) in [7, 11) is -3.45. The number of aliphatic hydroxyl groups is 1. The topological polar surface area (TPSA) is 257 Å². The molecule has 3 fully saturated rings. The van der Waals surface area contributed by atoms with Crippen molar-refractivity contribution in [2.45, 2.75) is 97.0 Å². The van der Waals surface area contributed by atoms with Crippen molar-refractivity contribution in [3.8, 4) is 17.0 Å². The number of methoxy groups -OCH3 is 1. The number of aromatic nitrogens is 4. The van der Waals surface area contributed by atoms with Crippen molar-refractivity contribution in [3.05, 3.63) is 101 Å². The normalized spacial score (nSPS) is 21.5. The smallest absolute Gasteiger partial charge is 0.471 e. The third-order valence-electron chi connectivity index (χ3n) is 16.0. The number of ether oxygens (including phenoxy) is 1. The van der Waals surface area contributed by atoms with Gasteiger partial charge in [-0.1, -0.05) is 13.8 Å². The van der Waals surface area contributed by atoms with Gasteiger partial charge in [-0.15, -0.1) is 0 Å². The van der Waals surface area contributed by atoms with Crippen molar-refractivity contribution in [2.24, 2.45) is 5.41 Å². The van der Waals surface area contributed by atoms with Gasteiger partial charge in [0.15, 0.2) is 0 Å². The van der Waals surface area contributed by atoms with Gasteiger partial charge in [-0.2, -0.15) is 0 Å². The molecule has 0 radical (unpaired) electrons. The van der Waals surface area contributed by atoms with Gasteiger partial charge in [-0.3, -0.25) is 48.1 Å². The number of phosphoric acid groups is 1. The van der Waals surface area contributed by atoms with Crippen molar-refractivity contribution in [1.29, 1.82) is 0 Å². The highest BCUT2D eigenvalue weighted by atomic mass is 31.2. The molecule has 3 atom stereocenters. The lowest BCUT2D eigenvalue weighted by Crippen LogP contribution is -2.57. The van der Waals surface area contributed by atoms with Gasteiger partial charge in [-0.25, -0.2) is 19.5 Å². The number of rotatable bonds is 13. The number of amides is 5. The van der Waals surface area contributed by atoms with E-state index >= 15 is 0 Å². The maximum atomic E-state index is 14.1. The Morgan fingerprint density at radius 1 is 0.831 bits per heavy atom. The minimum Gasteiger partial charge on any atom is -0.480 e. The molecule has 6 aliphatic rings. The molecule has 77 heavy (non-hydrogen) atoms. The Morgan fingerprint density at radius 2 is 1.60 bits per heavy atom. The number of benzene rings is 1. The van der Waals surface area contributed by atoms with Crippen LogP contribution in [-0.2, 0) is 38.1 Å². The van der Waals surface area contributed by atoms with Gasteiger partial charge >= 0.3 is 7.82 Å². The average molecular weight is 1070 g/mol. The van der Waals surface area contributed by atoms with E-state index in [2.05, 4.69) is 59.8 Å². The van der Waals surface area contributed by atoms with E-state index < -0.39 is 50.3 Å². The number of pyridine rings is 3. The highest BCUT2D eigenvalue weighted by Gasteiger charge is 2.48. The molecule has 0 saturated carbocycles. The predicted octanol–water partition coefficient (Wildman–Crippen LogP) is 5.29. The van der Waals surface area contributed by atoms with Crippen LogP contribution in [0.5, 0.6) is 5.88 Å². The first kappa shape index (κ1) is 52.0. The minimum atomic E-state index is -5.01. The first-order valence-electron chi connectivity index (χ1n) is 26.1. The molecule has 5 aliphatic heterocycles. The molecule has 1 aromatic carbocycles. The van der Waals surface area contributed by atoms with E-state index in [9.17, 15) is 33.6 Å². The Morgan fingerprint density at radius 3 is 2.31 bits per heavy atom. The molecule has 22 nitrogen and oxygen atoms in total. The highest BCUT2D eigenvalue weighted by molar-refractivity contribution is 7.46. The lowest BCUT2D eigenvalue weighted by Gasteiger charge is -2.46. The zero-order chi connectivity index (χ0) is 54.2. The number of imide groups is 2. The molecule has 0 spiro atoms. The molecule has 23 heteroatoms. The number of hydrogen-bond donors (Lipinski definition) is 4. The van der Waals surface area contributed by atoms with Crippen LogP contribution in [0.15, 0.2) is 67.1 Å². The molecule has 5 amide bonds. The van der Waals surface area contributed by atoms with Crippen molar-refractivity contribution < 1.29 is 52.7 Å². The van der Waals surface area contributed by atoms with Crippen LogP contribution >= 0.6 is 7.82 Å². The molecule has 1 aliphatic carbocycles. The highest BCUT2D eigenvalue weighted by Crippen LogP contribution is 2.43. The molecule has 0 bridgehead atoms. The number of likely N-dealkylation sites (tertiary alicyclic amines) is 1. The summed E-state index contributed by atoms with van der Waals surface area (Å²) in [5.74, 6) is -1.76. The largest absolute Gasteiger partial charge is 0.480 e. The second-order valence-corrected chi connectivity index (χ2v) is 22.9. The van der Waals surface area contributed by atoms with Crippen molar-refractivity contribution in [3.63, 3.8) is 0 Å². The molecule has 1 unspecified atom stereocenters. The number of fused-ring (bicyclic) bond motifs is 4. The van der Waals surface area contributed by atoms with Crippen LogP contribution in [0.3, 0.4) is 0 Å². The van der Waals surface area contributed by atoms with Gasteiger partial charge in [0.05, 0.1) is 36.2 Å². The standard InChI is InChI=1S/C54H62N11O11P/c1-31-29-60(35-13-16-59(17-14-35)36-6-8-39-40(24-36)51(69)65(50(39)68)42-9-11-46(67)64(52(42)70)30-76-77(72,73)74)18-19-61(31)37-7-10-45(56-28-37)58-41-22-34(27-57-49(41)75-5)38-12-15-55-48(47(38)32(2)66)63-21-20-62-43(53(63)71)23-33-25-54(3,4)26-44(33)62/h6-8,10,12,15,22-24,27-28,31-32,35,42,66H,9,11,13-14,16-21,25-26,29-30H2,1-5H3,(H,56,58)(H2,72,73,74)/t31-,32-,42?/m0/s1. The van der Waals surface area contributed by atoms with Crippen molar-refractivity contribution >= 4 is 66.1 Å². The summed E-state index contributed by atoms with van der Waals surface area (Å²) in [6.07, 6.45) is 7.58. The summed E-state index contributed by atoms with van der Waals surface area (Å²) in [6, 6.07) is 14.0. The zero-order valence-corrected chi connectivity index (χ0v) is 44.5. The fourth-order valence-electron chi connectivity index (χ4n) is 12.3. The Bertz CT molecular complexity index is 3260. The molecule has 9 heterocycles. The monoisotopic (exact) mass is 1070 g/mol. The number of phosphoric ester groups is 1. The number of anilines is 5. The summed E-state index contributed by atoms with van der Waals surface area (Å²) in [4.78, 5) is 110. The third kappa shape index (κ3) is 9.75. The Balaban J connectivity index is 0.708. The molecular formula is C54H62N11O11P. The van der Waals surface area contributed by atoms with Crippen LogP contribution in [0.4, 0.5) is 28.7 Å². The summed E-state index contributed by atoms with van der Waals surface area (Å²) in [5.41, 5.74) is 7.87. The number of carbonyl (C=O) groups excluding carboxylic acids is 5. The van der Waals surface area contributed by atoms with Gasteiger partial charge in [0.25, 0.3) is 23.6 Å². The first-order valence-corrected chi connectivity index (χ1v) is 27.6. The second kappa shape index (κ2) is 20.1. The Hall–Kier alpha value is -7.07. The molecule has 5 aromatic rings. The van der Waals surface area contributed by atoms with Crippen LogP contribution in [0, 0.1) is 5.41 Å². The summed E-state index contributed by atoms with van der Waals surface area (Å²) in [6.45, 7) is 12.5. The molecule has 4 N–H and O–H groups in total. The average Bonchev–Trinajstić information content (AvgIpc) is 4.01. The molecule has 4 aromatic heterocycles. The molecule has 3 saturated heterocycles. The van der Waals surface area contributed by atoms with Crippen molar-refractivity contribution in [1.82, 2.24) is 34.2 Å². The molecule has 11 rings (SSSR count). The van der Waals surface area contributed by atoms with Crippen LogP contribution in [-0.4, -0.2) is 150 Å². The number of carbonyl (C=O) groups is 5. The lowest BCUT2D eigenvalue weighted by molar-refractivity contribution is -0.155. The SMILES string of the molecule is COc1ncc(-c2ccnc(N3CCn4c(cc5c4CC(C)(C)C5)C3=O)c2[C@H](C)O)cc1Nc1ccc(N2CCN(C3CCN(c4ccc5c(c4)C(=O)N(C4CCC(=O)N(COP(=O)(O)O)C4=O)C5=O)CC3)C[C@@H]2C)cn1. The van der Waals surface area contributed by atoms with Gasteiger partial charge in [-0.05, 0) is 111 Å². The van der Waals surface area contributed by atoms with Crippen LogP contribution in [0.2, 0.25) is 0 Å². The Labute approximate surface area is 444 Å². The van der Waals surface area contributed by atoms with E-state index in [1.54, 1.807) is 49.5 Å². The maximum Gasteiger partial charge on any atom is 0.471 e. The van der Waals surface area contributed by atoms with Crippen LogP contribution in [0.25, 0.3) is 11.1 Å². The third-order valence-corrected chi connectivity index (χ3v) is 16.5. The first-order chi connectivity index (χ1) is 36.8. The minimum absolute atomic E-state index is 0.111. The number of nitrogens with one attached hydrogen (secondary N) is 1. The maximum absolute atomic E-state index is 14.1. The van der Waals surface area contributed by atoms with Crippen LogP contribution < -0.4 is 24.8 Å². The fraction of sp³-hybridized carbons (Fsp3) is 0.444. The van der Waals surface area contributed by atoms with E-state index in [-0.39, 0.29) is 41.3 Å². The summed E-state index contributed by atoms with van der Waals surface area (Å²) >= 11 is 0. The number of piperidine rings is 2. The second-order valence-electron chi connectivity index (χ2n) is 21.6. The Kier molecular flexibility index (Phi) is 13.5. The van der Waals surface area contributed by atoms with Crippen molar-refractivity contribution in [2.75, 3.05) is 73.1 Å². The molecule has 404 valence electrons. The van der Waals surface area contributed by atoms with E-state index in [0.717, 1.165) is 74.7 Å². The zero-order valence-electron chi connectivity index (χ0n) is 43.6. The van der Waals surface area contributed by atoms with E-state index in [4.69, 9.17) is 19.5 Å². The molecular weight excluding hydrogens is 1010 g/mol. The van der Waals surface area contributed by atoms with E-state index in [1.165, 1.54) is 11.3 Å². The number of nitrogens with zero attached hydrogens (tertiary/aromatic N) is 10. The van der Waals surface area contributed by atoms with E-state index in [1.807, 2.05) is 36.5 Å². The van der Waals surface area contributed by atoms with E-state index in [0.29, 0.717) is 69.6 Å². The van der Waals surface area contributed by atoms with Gasteiger partial charge in [0.1, 0.15) is 35.8 Å². The van der Waals surface area contributed by atoms with Crippen LogP contribution in [0.1, 0.15) is 108 Å². The number of piperazine rings is 1. The summed E-state index contributed by atoms with van der Waals surface area (Å²) < 4.78 is 23.5. The lowest BCUT2D eigenvalue weighted by atomic mass is 9.90. The van der Waals surface area contributed by atoms with Gasteiger partial charge in [0, 0.05) is 99.2 Å². The van der Waals surface area contributed by atoms with Gasteiger partial charge in [0.2, 0.25) is 11.8 Å². The quantitative estimate of drug-likeness (QED) is 0.0863. The fourth-order valence-corrected chi connectivity index (χ4v) is 12.6.